The smallest absolute Gasteiger partial charge is 0.433 e. The number of pyridine rings is 1. The summed E-state index contributed by atoms with van der Waals surface area (Å²) < 4.78 is 54.5. The molecule has 3 heterocycles. The van der Waals surface area contributed by atoms with Crippen LogP contribution >= 0.6 is 34.8 Å². The largest absolute Gasteiger partial charge is 0.508 e. The Morgan fingerprint density at radius 1 is 0.960 bits per heavy atom. The Kier molecular flexibility index (Phi) is 7.82. The highest BCUT2D eigenvalue weighted by Gasteiger charge is 2.76. The van der Waals surface area contributed by atoms with E-state index in [1.165, 1.54) is 31.3 Å². The summed E-state index contributed by atoms with van der Waals surface area (Å²) >= 11 is 20.9. The lowest BCUT2D eigenvalue weighted by Crippen LogP contribution is -2.60. The van der Waals surface area contributed by atoms with E-state index in [9.17, 15) is 41.8 Å². The summed E-state index contributed by atoms with van der Waals surface area (Å²) in [5, 5.41) is 11.6. The number of rotatable bonds is 4. The van der Waals surface area contributed by atoms with Crippen LogP contribution in [-0.2, 0) is 25.4 Å². The average molecular weight is 752 g/mol. The summed E-state index contributed by atoms with van der Waals surface area (Å²) in [7, 11) is 1.19. The van der Waals surface area contributed by atoms with Gasteiger partial charge in [-0.1, -0.05) is 35.4 Å². The number of carbonyl (C=O) groups is 4. The molecular formula is C34H25Cl3F4N4O5. The number of benzene rings is 2. The number of nitrogens with zero attached hydrogens (tertiary/aromatic N) is 4. The minimum absolute atomic E-state index is 0.0108. The fourth-order valence-electron chi connectivity index (χ4n) is 7.82. The molecule has 6 atom stereocenters. The topological polar surface area (TPSA) is 111 Å². The van der Waals surface area contributed by atoms with Gasteiger partial charge in [-0.25, -0.2) is 14.3 Å². The minimum Gasteiger partial charge on any atom is -0.508 e. The number of aryl methyl sites for hydroxylation is 1. The number of phenols is 1. The van der Waals surface area contributed by atoms with Gasteiger partial charge in [-0.15, -0.1) is 23.2 Å². The van der Waals surface area contributed by atoms with Crippen LogP contribution in [-0.4, -0.2) is 55.5 Å². The number of allylic oxidation sites excluding steroid dienone is 2. The molecule has 1 N–H and O–H groups in total. The van der Waals surface area contributed by atoms with Gasteiger partial charge in [0.15, 0.2) is 15.6 Å². The number of fused-ring (bicyclic) bond motifs is 4. The number of anilines is 2. The third-order valence-corrected chi connectivity index (χ3v) is 11.9. The van der Waals surface area contributed by atoms with Gasteiger partial charge in [0.2, 0.25) is 0 Å². The first-order chi connectivity index (χ1) is 23.4. The zero-order valence-corrected chi connectivity index (χ0v) is 28.3. The van der Waals surface area contributed by atoms with E-state index >= 15 is 0 Å². The van der Waals surface area contributed by atoms with Gasteiger partial charge in [0.25, 0.3) is 23.6 Å². The first kappa shape index (κ1) is 34.3. The van der Waals surface area contributed by atoms with E-state index in [0.29, 0.717) is 27.8 Å². The number of aromatic hydroxyl groups is 1. The van der Waals surface area contributed by atoms with Crippen molar-refractivity contribution in [2.75, 3.05) is 17.0 Å². The molecule has 0 radical (unpaired) electrons. The van der Waals surface area contributed by atoms with Gasteiger partial charge in [0.05, 0.1) is 22.5 Å². The van der Waals surface area contributed by atoms with E-state index in [0.717, 1.165) is 28.1 Å². The molecule has 1 saturated carbocycles. The van der Waals surface area contributed by atoms with Crippen LogP contribution in [0.4, 0.5) is 29.1 Å². The van der Waals surface area contributed by atoms with Gasteiger partial charge >= 0.3 is 6.18 Å². The fourth-order valence-corrected chi connectivity index (χ4v) is 8.98. The molecule has 2 saturated heterocycles. The number of carbonyl (C=O) groups excluding carboxylic acids is 4. The molecule has 16 heteroatoms. The lowest BCUT2D eigenvalue weighted by atomic mass is 9.56. The number of alkyl halides is 5. The van der Waals surface area contributed by atoms with E-state index in [4.69, 9.17) is 34.8 Å². The highest BCUT2D eigenvalue weighted by atomic mass is 35.5. The summed E-state index contributed by atoms with van der Waals surface area (Å²) in [6.07, 6.45) is -3.55. The predicted octanol–water partition coefficient (Wildman–Crippen LogP) is 6.52. The van der Waals surface area contributed by atoms with Crippen LogP contribution in [0.2, 0.25) is 5.02 Å². The molecule has 9 nitrogen and oxygen atoms in total. The molecular weight excluding hydrogens is 727 g/mol. The van der Waals surface area contributed by atoms with Crippen molar-refractivity contribution in [2.45, 2.75) is 41.6 Å². The predicted molar refractivity (Wildman–Crippen MR) is 174 cm³/mol. The lowest BCUT2D eigenvalue weighted by molar-refractivity contribution is -0.141. The van der Waals surface area contributed by atoms with Crippen LogP contribution < -0.4 is 9.91 Å². The van der Waals surface area contributed by atoms with E-state index in [1.807, 2.05) is 0 Å². The Balaban J connectivity index is 1.35. The summed E-state index contributed by atoms with van der Waals surface area (Å²) in [5.74, 6) is -8.81. The van der Waals surface area contributed by atoms with Crippen LogP contribution in [0.25, 0.3) is 0 Å². The number of amides is 4. The lowest BCUT2D eigenvalue weighted by Gasteiger charge is -2.50. The number of hydrogen-bond donors (Lipinski definition) is 1. The molecule has 3 fully saturated rings. The molecule has 260 valence electrons. The second kappa shape index (κ2) is 11.4. The molecule has 0 unspecified atom stereocenters. The minimum atomic E-state index is -4.84. The van der Waals surface area contributed by atoms with Gasteiger partial charge in [0, 0.05) is 13.0 Å². The van der Waals surface area contributed by atoms with Crippen molar-refractivity contribution >= 4 is 69.9 Å². The molecule has 3 aromatic rings. The number of phenolic OH excluding ortho intramolecular Hbond substituents is 1. The van der Waals surface area contributed by atoms with Crippen LogP contribution in [0.15, 0.2) is 66.2 Å². The highest BCUT2D eigenvalue weighted by molar-refractivity contribution is 6.58. The zero-order valence-electron chi connectivity index (χ0n) is 26.0. The van der Waals surface area contributed by atoms with Crippen molar-refractivity contribution < 1.29 is 41.8 Å². The number of aromatic nitrogens is 1. The standard InChI is InChI=1S/C34H25Cl3F4N4O5/c1-15-13-16(3-11-23(15)46)26-19-8-9-20-25(29(48)45(28(20)47)43(2)27-22(35)10-12-24(42-27)34(39,40)41)21(19)14-32(36)30(49)44(31(50)33(26,32)37)18-6-4-17(38)5-7-18/h3-8,10-13,20-21,25-26,46H,9,14H2,1-2H3/t20-,21+,25-,26-,32+,33-/m0/s1. The average Bonchev–Trinajstić information content (AvgIpc) is 3.40. The maximum Gasteiger partial charge on any atom is 0.433 e. The van der Waals surface area contributed by atoms with Gasteiger partial charge in [-0.2, -0.15) is 18.2 Å². The van der Waals surface area contributed by atoms with E-state index in [1.54, 1.807) is 19.1 Å². The van der Waals surface area contributed by atoms with E-state index < -0.39 is 80.6 Å². The van der Waals surface area contributed by atoms with Crippen molar-refractivity contribution in [3.8, 4) is 5.75 Å². The normalized spacial score (nSPS) is 29.2. The summed E-state index contributed by atoms with van der Waals surface area (Å²) in [4.78, 5) is 57.0. The Bertz CT molecular complexity index is 2050. The maximum atomic E-state index is 14.4. The van der Waals surface area contributed by atoms with E-state index in [-0.39, 0.29) is 29.3 Å². The molecule has 7 rings (SSSR count). The number of halogens is 7. The molecule has 2 aliphatic heterocycles. The Morgan fingerprint density at radius 3 is 2.28 bits per heavy atom. The summed E-state index contributed by atoms with van der Waals surface area (Å²) in [6.45, 7) is 1.62. The van der Waals surface area contributed by atoms with Gasteiger partial charge in [0.1, 0.15) is 17.3 Å². The van der Waals surface area contributed by atoms with Crippen LogP contribution in [0.5, 0.6) is 5.75 Å². The summed E-state index contributed by atoms with van der Waals surface area (Å²) in [6, 6.07) is 10.7. The molecule has 50 heavy (non-hydrogen) atoms. The number of hydrogen-bond acceptors (Lipinski definition) is 7. The van der Waals surface area contributed by atoms with Crippen molar-refractivity contribution in [3.63, 3.8) is 0 Å². The monoisotopic (exact) mass is 750 g/mol. The van der Waals surface area contributed by atoms with Crippen molar-refractivity contribution in [1.82, 2.24) is 9.99 Å². The molecule has 0 spiro atoms. The molecule has 2 aromatic carbocycles. The van der Waals surface area contributed by atoms with E-state index in [2.05, 4.69) is 4.98 Å². The molecule has 0 bridgehead atoms. The molecule has 1 aromatic heterocycles. The van der Waals surface area contributed by atoms with Crippen molar-refractivity contribution in [2.24, 2.45) is 17.8 Å². The zero-order chi connectivity index (χ0) is 36.2. The van der Waals surface area contributed by atoms with Gasteiger partial charge < -0.3 is 5.11 Å². The van der Waals surface area contributed by atoms with Crippen molar-refractivity contribution in [3.05, 3.63) is 93.9 Å². The van der Waals surface area contributed by atoms with Crippen LogP contribution in [0.3, 0.4) is 0 Å². The second-order valence-electron chi connectivity index (χ2n) is 12.8. The first-order valence-electron chi connectivity index (χ1n) is 15.3. The number of imide groups is 2. The summed E-state index contributed by atoms with van der Waals surface area (Å²) in [5.41, 5.74) is -0.0251. The second-order valence-corrected chi connectivity index (χ2v) is 14.5. The Morgan fingerprint density at radius 2 is 1.64 bits per heavy atom. The van der Waals surface area contributed by atoms with Gasteiger partial charge in [-0.3, -0.25) is 24.2 Å². The van der Waals surface area contributed by atoms with Crippen LogP contribution in [0.1, 0.15) is 35.6 Å². The number of hydrazine groups is 1. The Hall–Kier alpha value is -4.20. The molecule has 2 aliphatic carbocycles. The third kappa shape index (κ3) is 4.69. The molecule has 4 amide bonds. The highest BCUT2D eigenvalue weighted by Crippen LogP contribution is 2.66. The van der Waals surface area contributed by atoms with Gasteiger partial charge in [-0.05, 0) is 79.3 Å². The van der Waals surface area contributed by atoms with Crippen LogP contribution in [0, 0.1) is 30.5 Å². The maximum absolute atomic E-state index is 14.4. The SMILES string of the molecule is Cc1cc([C@H]2C3=CC[C@@H]4C(=O)N(N(C)c5nc(C(F)(F)F)ccc5Cl)C(=O)[C@@H]4[C@@H]3C[C@@]3(Cl)C(=O)N(c4ccc(F)cc4)C(=O)[C@@]23Cl)ccc1O. The molecule has 4 aliphatic rings. The van der Waals surface area contributed by atoms with Crippen molar-refractivity contribution in [1.29, 1.82) is 0 Å². The third-order valence-electron chi connectivity index (χ3n) is 10.2. The quantitative estimate of drug-likeness (QED) is 0.140. The Labute approximate surface area is 297 Å². The fraction of sp³-hybridized carbons (Fsp3) is 0.324. The first-order valence-corrected chi connectivity index (χ1v) is 16.4.